The minimum atomic E-state index is -0.464. The van der Waals surface area contributed by atoms with E-state index in [9.17, 15) is 4.79 Å². The van der Waals surface area contributed by atoms with Gasteiger partial charge in [0.25, 0.3) is 0 Å². The summed E-state index contributed by atoms with van der Waals surface area (Å²) in [7, 11) is 2.06. The molecule has 1 aromatic rings. The molecule has 0 fully saturated rings. The van der Waals surface area contributed by atoms with Crippen molar-refractivity contribution in [1.82, 2.24) is 0 Å². The standard InChI is InChI=1S/C14H21N3O/c1-10-8-16(3)12-6-4-5-7-13(12)17(9-10)14(18)11(2)15/h4-7,10-11H,8-9,15H2,1-3H3/t10-,11+/m1/s1. The highest BCUT2D eigenvalue weighted by Crippen LogP contribution is 2.32. The minimum Gasteiger partial charge on any atom is -0.373 e. The molecule has 0 aromatic heterocycles. The topological polar surface area (TPSA) is 49.6 Å². The maximum Gasteiger partial charge on any atom is 0.243 e. The quantitative estimate of drug-likeness (QED) is 0.817. The molecule has 4 nitrogen and oxygen atoms in total. The molecule has 0 saturated carbocycles. The number of benzene rings is 1. The van der Waals surface area contributed by atoms with Gasteiger partial charge in [0.15, 0.2) is 0 Å². The van der Waals surface area contributed by atoms with Gasteiger partial charge in [-0.25, -0.2) is 0 Å². The van der Waals surface area contributed by atoms with E-state index in [-0.39, 0.29) is 5.91 Å². The van der Waals surface area contributed by atoms with Crippen molar-refractivity contribution in [2.75, 3.05) is 29.9 Å². The SMILES string of the molecule is C[C@@H]1CN(C)c2ccccc2N(C(=O)[C@H](C)N)C1. The molecule has 1 aliphatic rings. The van der Waals surface area contributed by atoms with Gasteiger partial charge in [0, 0.05) is 20.1 Å². The molecule has 18 heavy (non-hydrogen) atoms. The summed E-state index contributed by atoms with van der Waals surface area (Å²) >= 11 is 0. The maximum atomic E-state index is 12.2. The van der Waals surface area contributed by atoms with E-state index in [0.717, 1.165) is 24.5 Å². The number of carbonyl (C=O) groups is 1. The summed E-state index contributed by atoms with van der Waals surface area (Å²) in [5, 5.41) is 0. The molecule has 2 rings (SSSR count). The monoisotopic (exact) mass is 247 g/mol. The van der Waals surface area contributed by atoms with Crippen molar-refractivity contribution in [2.24, 2.45) is 11.7 Å². The molecule has 98 valence electrons. The van der Waals surface area contributed by atoms with Gasteiger partial charge >= 0.3 is 0 Å². The third-order valence-corrected chi connectivity index (χ3v) is 3.32. The van der Waals surface area contributed by atoms with Gasteiger partial charge in [-0.15, -0.1) is 0 Å². The number of amides is 1. The van der Waals surface area contributed by atoms with Crippen LogP contribution < -0.4 is 15.5 Å². The van der Waals surface area contributed by atoms with Crippen LogP contribution in [0.2, 0.25) is 0 Å². The maximum absolute atomic E-state index is 12.2. The van der Waals surface area contributed by atoms with Crippen LogP contribution in [-0.4, -0.2) is 32.1 Å². The van der Waals surface area contributed by atoms with Crippen LogP contribution in [0, 0.1) is 5.92 Å². The zero-order valence-electron chi connectivity index (χ0n) is 11.3. The molecule has 0 radical (unpaired) electrons. The highest BCUT2D eigenvalue weighted by Gasteiger charge is 2.27. The van der Waals surface area contributed by atoms with E-state index in [1.165, 1.54) is 0 Å². The Morgan fingerprint density at radius 2 is 1.94 bits per heavy atom. The Morgan fingerprint density at radius 3 is 2.56 bits per heavy atom. The van der Waals surface area contributed by atoms with Gasteiger partial charge in [-0.05, 0) is 25.0 Å². The molecule has 1 aromatic carbocycles. The second-order valence-electron chi connectivity index (χ2n) is 5.21. The lowest BCUT2D eigenvalue weighted by Crippen LogP contribution is -2.44. The van der Waals surface area contributed by atoms with Gasteiger partial charge in [0.2, 0.25) is 5.91 Å². The van der Waals surface area contributed by atoms with Crippen LogP contribution >= 0.6 is 0 Å². The Balaban J connectivity index is 2.45. The lowest BCUT2D eigenvalue weighted by atomic mass is 10.1. The molecule has 4 heteroatoms. The van der Waals surface area contributed by atoms with Crippen molar-refractivity contribution in [3.05, 3.63) is 24.3 Å². The molecular formula is C14H21N3O. The number of para-hydroxylation sites is 2. The summed E-state index contributed by atoms with van der Waals surface area (Å²) in [6.45, 7) is 5.57. The highest BCUT2D eigenvalue weighted by molar-refractivity contribution is 6.00. The average molecular weight is 247 g/mol. The van der Waals surface area contributed by atoms with Crippen molar-refractivity contribution in [2.45, 2.75) is 19.9 Å². The van der Waals surface area contributed by atoms with Gasteiger partial charge in [0.1, 0.15) is 0 Å². The third kappa shape index (κ3) is 2.34. The summed E-state index contributed by atoms with van der Waals surface area (Å²) in [6, 6.07) is 7.54. The van der Waals surface area contributed by atoms with Crippen LogP contribution in [0.15, 0.2) is 24.3 Å². The Bertz CT molecular complexity index is 444. The zero-order valence-corrected chi connectivity index (χ0v) is 11.3. The largest absolute Gasteiger partial charge is 0.373 e. The summed E-state index contributed by atoms with van der Waals surface area (Å²) in [6.07, 6.45) is 0. The predicted molar refractivity (Wildman–Crippen MR) is 74.9 cm³/mol. The van der Waals surface area contributed by atoms with E-state index in [4.69, 9.17) is 5.73 Å². The van der Waals surface area contributed by atoms with E-state index in [1.807, 2.05) is 23.1 Å². The van der Waals surface area contributed by atoms with Crippen molar-refractivity contribution < 1.29 is 4.79 Å². The number of carbonyl (C=O) groups excluding carboxylic acids is 1. The van der Waals surface area contributed by atoms with Gasteiger partial charge in [-0.2, -0.15) is 0 Å². The van der Waals surface area contributed by atoms with E-state index in [0.29, 0.717) is 5.92 Å². The number of nitrogens with zero attached hydrogens (tertiary/aromatic N) is 2. The molecule has 1 aliphatic heterocycles. The van der Waals surface area contributed by atoms with Crippen LogP contribution in [0.3, 0.4) is 0 Å². The molecule has 0 bridgehead atoms. The molecule has 0 spiro atoms. The van der Waals surface area contributed by atoms with Crippen LogP contribution in [-0.2, 0) is 4.79 Å². The van der Waals surface area contributed by atoms with Gasteiger partial charge in [-0.3, -0.25) is 4.79 Å². The Morgan fingerprint density at radius 1 is 1.33 bits per heavy atom. The fraction of sp³-hybridized carbons (Fsp3) is 0.500. The number of fused-ring (bicyclic) bond motifs is 1. The van der Waals surface area contributed by atoms with E-state index in [2.05, 4.69) is 24.9 Å². The number of hydrogen-bond acceptors (Lipinski definition) is 3. The molecular weight excluding hydrogens is 226 g/mol. The van der Waals surface area contributed by atoms with Crippen LogP contribution in [0.5, 0.6) is 0 Å². The van der Waals surface area contributed by atoms with Gasteiger partial charge in [-0.1, -0.05) is 19.1 Å². The van der Waals surface area contributed by atoms with Crippen LogP contribution in [0.1, 0.15) is 13.8 Å². The molecule has 1 amide bonds. The second kappa shape index (κ2) is 4.98. The molecule has 1 heterocycles. The molecule has 2 atom stereocenters. The first-order valence-corrected chi connectivity index (χ1v) is 6.38. The first-order valence-electron chi connectivity index (χ1n) is 6.38. The summed E-state index contributed by atoms with van der Waals surface area (Å²) < 4.78 is 0. The third-order valence-electron chi connectivity index (χ3n) is 3.32. The molecule has 0 unspecified atom stereocenters. The summed E-state index contributed by atoms with van der Waals surface area (Å²) in [5.74, 6) is 0.412. The van der Waals surface area contributed by atoms with Gasteiger partial charge in [0.05, 0.1) is 17.4 Å². The number of anilines is 2. The lowest BCUT2D eigenvalue weighted by Gasteiger charge is -2.26. The van der Waals surface area contributed by atoms with Crippen molar-refractivity contribution in [1.29, 1.82) is 0 Å². The minimum absolute atomic E-state index is 0.00963. The highest BCUT2D eigenvalue weighted by atomic mass is 16.2. The van der Waals surface area contributed by atoms with Crippen LogP contribution in [0.25, 0.3) is 0 Å². The van der Waals surface area contributed by atoms with Crippen molar-refractivity contribution in [3.8, 4) is 0 Å². The summed E-state index contributed by atoms with van der Waals surface area (Å²) in [5.41, 5.74) is 7.81. The fourth-order valence-electron chi connectivity index (χ4n) is 2.50. The fourth-order valence-corrected chi connectivity index (χ4v) is 2.50. The molecule has 0 aliphatic carbocycles. The first kappa shape index (κ1) is 12.9. The van der Waals surface area contributed by atoms with Crippen molar-refractivity contribution >= 4 is 17.3 Å². The molecule has 0 saturated heterocycles. The second-order valence-corrected chi connectivity index (χ2v) is 5.21. The average Bonchev–Trinajstić information content (AvgIpc) is 2.46. The Hall–Kier alpha value is -1.55. The first-order chi connectivity index (χ1) is 8.50. The van der Waals surface area contributed by atoms with E-state index in [1.54, 1.807) is 6.92 Å². The van der Waals surface area contributed by atoms with E-state index < -0.39 is 6.04 Å². The summed E-state index contributed by atoms with van der Waals surface area (Å²) in [4.78, 5) is 16.3. The lowest BCUT2D eigenvalue weighted by molar-refractivity contribution is -0.119. The number of nitrogens with two attached hydrogens (primary N) is 1. The predicted octanol–water partition coefficient (Wildman–Crippen LogP) is 1.45. The van der Waals surface area contributed by atoms with Crippen LogP contribution in [0.4, 0.5) is 11.4 Å². The Labute approximate surface area is 108 Å². The smallest absolute Gasteiger partial charge is 0.243 e. The number of hydrogen-bond donors (Lipinski definition) is 1. The van der Waals surface area contributed by atoms with Gasteiger partial charge < -0.3 is 15.5 Å². The van der Waals surface area contributed by atoms with Crippen molar-refractivity contribution in [3.63, 3.8) is 0 Å². The normalized spacial score (nSPS) is 21.2. The Kier molecular flexibility index (Phi) is 3.57. The number of rotatable bonds is 1. The van der Waals surface area contributed by atoms with E-state index >= 15 is 0 Å². The zero-order chi connectivity index (χ0) is 13.3. The molecule has 2 N–H and O–H groups in total.